The van der Waals surface area contributed by atoms with E-state index in [-0.39, 0.29) is 5.91 Å². The summed E-state index contributed by atoms with van der Waals surface area (Å²) in [6.07, 6.45) is 1.52. The number of hydrogen-bond donors (Lipinski definition) is 2. The quantitative estimate of drug-likeness (QED) is 0.826. The maximum Gasteiger partial charge on any atom is 0.251 e. The molecule has 0 aliphatic carbocycles. The molecule has 0 radical (unpaired) electrons. The van der Waals surface area contributed by atoms with Crippen molar-refractivity contribution < 1.29 is 9.59 Å². The van der Waals surface area contributed by atoms with E-state index in [4.69, 9.17) is 5.73 Å². The van der Waals surface area contributed by atoms with E-state index in [9.17, 15) is 9.59 Å². The topological polar surface area (TPSA) is 72.2 Å². The number of aryl methyl sites for hydroxylation is 1. The van der Waals surface area contributed by atoms with Crippen molar-refractivity contribution in [2.24, 2.45) is 5.73 Å². The molecule has 0 aliphatic rings. The Morgan fingerprint density at radius 1 is 1.29 bits per heavy atom. The van der Waals surface area contributed by atoms with Crippen molar-refractivity contribution >= 4 is 11.8 Å². The Hall–Kier alpha value is -1.84. The van der Waals surface area contributed by atoms with Gasteiger partial charge in [-0.15, -0.1) is 0 Å². The van der Waals surface area contributed by atoms with Crippen LogP contribution in [0.15, 0.2) is 12.1 Å². The Labute approximate surface area is 101 Å². The molecule has 0 saturated heterocycles. The number of carbonyl (C=O) groups is 2. The number of amides is 2. The lowest BCUT2D eigenvalue weighted by molar-refractivity contribution is 0.0962. The smallest absolute Gasteiger partial charge is 0.251 e. The molecule has 0 spiro atoms. The van der Waals surface area contributed by atoms with Crippen LogP contribution >= 0.6 is 0 Å². The number of nitrogens with one attached hydrogen (secondary N) is 1. The molecule has 0 aromatic heterocycles. The van der Waals surface area contributed by atoms with Crippen molar-refractivity contribution in [3.05, 3.63) is 34.4 Å². The van der Waals surface area contributed by atoms with E-state index >= 15 is 0 Å². The highest BCUT2D eigenvalue weighted by Crippen LogP contribution is 2.19. The lowest BCUT2D eigenvalue weighted by atomic mass is 9.94. The van der Waals surface area contributed by atoms with Gasteiger partial charge in [0, 0.05) is 18.2 Å². The SMILES string of the molecule is CCCc1c(C(N)=O)cc(C)cc1C(=O)NC. The lowest BCUT2D eigenvalue weighted by Crippen LogP contribution is -2.23. The molecule has 2 amide bonds. The zero-order valence-corrected chi connectivity index (χ0v) is 10.5. The molecule has 4 heteroatoms. The van der Waals surface area contributed by atoms with E-state index in [0.29, 0.717) is 17.5 Å². The summed E-state index contributed by atoms with van der Waals surface area (Å²) < 4.78 is 0. The van der Waals surface area contributed by atoms with Crippen LogP contribution in [0.5, 0.6) is 0 Å². The fourth-order valence-electron chi connectivity index (χ4n) is 1.89. The molecule has 0 saturated carbocycles. The molecule has 0 atom stereocenters. The summed E-state index contributed by atoms with van der Waals surface area (Å²) >= 11 is 0. The minimum absolute atomic E-state index is 0.181. The highest BCUT2D eigenvalue weighted by atomic mass is 16.2. The highest BCUT2D eigenvalue weighted by molar-refractivity contribution is 6.01. The van der Waals surface area contributed by atoms with Crippen molar-refractivity contribution in [1.82, 2.24) is 5.32 Å². The summed E-state index contributed by atoms with van der Waals surface area (Å²) in [4.78, 5) is 23.2. The van der Waals surface area contributed by atoms with Gasteiger partial charge in [-0.25, -0.2) is 0 Å². The first-order valence-corrected chi connectivity index (χ1v) is 5.66. The van der Waals surface area contributed by atoms with E-state index < -0.39 is 5.91 Å². The fraction of sp³-hybridized carbons (Fsp3) is 0.385. The first-order chi connectivity index (χ1) is 8.01. The number of rotatable bonds is 4. The average molecular weight is 234 g/mol. The van der Waals surface area contributed by atoms with Crippen LogP contribution in [0.3, 0.4) is 0 Å². The second-order valence-corrected chi connectivity index (χ2v) is 4.03. The van der Waals surface area contributed by atoms with E-state index in [1.54, 1.807) is 19.2 Å². The first-order valence-electron chi connectivity index (χ1n) is 5.66. The van der Waals surface area contributed by atoms with Crippen molar-refractivity contribution in [2.45, 2.75) is 26.7 Å². The highest BCUT2D eigenvalue weighted by Gasteiger charge is 2.17. The standard InChI is InChI=1S/C13H18N2O2/c1-4-5-9-10(12(14)16)6-8(2)7-11(9)13(17)15-3/h6-7H,4-5H2,1-3H3,(H2,14,16)(H,15,17). The Morgan fingerprint density at radius 2 is 1.88 bits per heavy atom. The molecule has 0 bridgehead atoms. The maximum atomic E-state index is 11.8. The predicted molar refractivity (Wildman–Crippen MR) is 67.1 cm³/mol. The molecule has 3 N–H and O–H groups in total. The van der Waals surface area contributed by atoms with Crippen LogP contribution in [-0.2, 0) is 6.42 Å². The lowest BCUT2D eigenvalue weighted by Gasteiger charge is -2.13. The van der Waals surface area contributed by atoms with Crippen molar-refractivity contribution in [1.29, 1.82) is 0 Å². The third-order valence-corrected chi connectivity index (χ3v) is 2.63. The number of nitrogens with two attached hydrogens (primary N) is 1. The van der Waals surface area contributed by atoms with Gasteiger partial charge in [0.2, 0.25) is 5.91 Å². The van der Waals surface area contributed by atoms with Gasteiger partial charge in [-0.3, -0.25) is 9.59 Å². The second kappa shape index (κ2) is 5.48. The van der Waals surface area contributed by atoms with E-state index in [2.05, 4.69) is 5.32 Å². The normalized spacial score (nSPS) is 10.1. The minimum atomic E-state index is -0.484. The van der Waals surface area contributed by atoms with Gasteiger partial charge in [-0.05, 0) is 36.6 Å². The fourth-order valence-corrected chi connectivity index (χ4v) is 1.89. The maximum absolute atomic E-state index is 11.8. The largest absolute Gasteiger partial charge is 0.366 e. The molecule has 1 aromatic carbocycles. The molecule has 0 aliphatic heterocycles. The zero-order valence-electron chi connectivity index (χ0n) is 10.5. The molecule has 0 heterocycles. The molecular weight excluding hydrogens is 216 g/mol. The summed E-state index contributed by atoms with van der Waals surface area (Å²) in [5.74, 6) is -0.665. The van der Waals surface area contributed by atoms with Gasteiger partial charge in [0.05, 0.1) is 0 Å². The van der Waals surface area contributed by atoms with Gasteiger partial charge in [-0.2, -0.15) is 0 Å². The Bertz CT molecular complexity index is 453. The van der Waals surface area contributed by atoms with E-state index in [0.717, 1.165) is 17.5 Å². The van der Waals surface area contributed by atoms with Gasteiger partial charge in [0.15, 0.2) is 0 Å². The number of carbonyl (C=O) groups excluding carboxylic acids is 2. The van der Waals surface area contributed by atoms with Crippen LogP contribution in [-0.4, -0.2) is 18.9 Å². The van der Waals surface area contributed by atoms with Crippen LogP contribution in [0.4, 0.5) is 0 Å². The Balaban J connectivity index is 3.45. The molecular formula is C13H18N2O2. The van der Waals surface area contributed by atoms with E-state index in [1.165, 1.54) is 0 Å². The molecule has 1 aromatic rings. The summed E-state index contributed by atoms with van der Waals surface area (Å²) in [5.41, 5.74) is 7.95. The first kappa shape index (κ1) is 13.2. The Morgan fingerprint density at radius 3 is 2.35 bits per heavy atom. The molecule has 92 valence electrons. The Kier molecular flexibility index (Phi) is 4.26. The van der Waals surface area contributed by atoms with Gasteiger partial charge in [0.25, 0.3) is 5.91 Å². The number of primary amides is 1. The van der Waals surface area contributed by atoms with Crippen LogP contribution in [0.2, 0.25) is 0 Å². The number of benzene rings is 1. The molecule has 4 nitrogen and oxygen atoms in total. The summed E-state index contributed by atoms with van der Waals surface area (Å²) in [5, 5.41) is 2.58. The molecule has 0 unspecified atom stereocenters. The minimum Gasteiger partial charge on any atom is -0.366 e. The summed E-state index contributed by atoms with van der Waals surface area (Å²) in [6, 6.07) is 3.52. The van der Waals surface area contributed by atoms with Crippen LogP contribution < -0.4 is 11.1 Å². The molecule has 17 heavy (non-hydrogen) atoms. The van der Waals surface area contributed by atoms with Gasteiger partial charge in [0.1, 0.15) is 0 Å². The van der Waals surface area contributed by atoms with Crippen LogP contribution in [0.25, 0.3) is 0 Å². The third kappa shape index (κ3) is 2.84. The predicted octanol–water partition coefficient (Wildman–Crippen LogP) is 1.41. The number of hydrogen-bond acceptors (Lipinski definition) is 2. The zero-order chi connectivity index (χ0) is 13.0. The monoisotopic (exact) mass is 234 g/mol. The average Bonchev–Trinajstić information content (AvgIpc) is 2.29. The van der Waals surface area contributed by atoms with Crippen LogP contribution in [0, 0.1) is 6.92 Å². The van der Waals surface area contributed by atoms with Gasteiger partial charge < -0.3 is 11.1 Å². The van der Waals surface area contributed by atoms with Crippen molar-refractivity contribution in [3.63, 3.8) is 0 Å². The summed E-state index contributed by atoms with van der Waals surface area (Å²) in [7, 11) is 1.57. The molecule has 0 fully saturated rings. The molecule has 1 rings (SSSR count). The van der Waals surface area contributed by atoms with Crippen molar-refractivity contribution in [2.75, 3.05) is 7.05 Å². The van der Waals surface area contributed by atoms with Crippen LogP contribution in [0.1, 0.15) is 45.2 Å². The van der Waals surface area contributed by atoms with Gasteiger partial charge in [-0.1, -0.05) is 13.3 Å². The van der Waals surface area contributed by atoms with Crippen molar-refractivity contribution in [3.8, 4) is 0 Å². The van der Waals surface area contributed by atoms with Gasteiger partial charge >= 0.3 is 0 Å². The van der Waals surface area contributed by atoms with E-state index in [1.807, 2.05) is 13.8 Å². The second-order valence-electron chi connectivity index (χ2n) is 4.03. The summed E-state index contributed by atoms with van der Waals surface area (Å²) in [6.45, 7) is 3.84. The third-order valence-electron chi connectivity index (χ3n) is 2.63.